The zero-order chi connectivity index (χ0) is 14.3. The molecular weight excluding hydrogens is 270 g/mol. The Bertz CT molecular complexity index is 812. The molecule has 0 bridgehead atoms. The molecule has 2 N–H and O–H groups in total. The van der Waals surface area contributed by atoms with Crippen LogP contribution < -0.4 is 5.73 Å². The highest BCUT2D eigenvalue weighted by atomic mass is 35.5. The Morgan fingerprint density at radius 2 is 1.80 bits per heavy atom. The van der Waals surface area contributed by atoms with Crippen molar-refractivity contribution in [2.24, 2.45) is 0 Å². The molecule has 4 heteroatoms. The third-order valence-electron chi connectivity index (χ3n) is 3.37. The number of para-hydroxylation sites is 1. The van der Waals surface area contributed by atoms with Crippen molar-refractivity contribution < 1.29 is 0 Å². The molecule has 0 aliphatic carbocycles. The number of hydrogen-bond acceptors (Lipinski definition) is 3. The summed E-state index contributed by atoms with van der Waals surface area (Å²) in [5.41, 5.74) is 9.95. The van der Waals surface area contributed by atoms with Crippen molar-refractivity contribution in [2.45, 2.75) is 13.8 Å². The molecule has 3 nitrogen and oxygen atoms in total. The van der Waals surface area contributed by atoms with Crippen molar-refractivity contribution in [2.75, 3.05) is 5.73 Å². The van der Waals surface area contributed by atoms with Gasteiger partial charge in [-0.05, 0) is 49.2 Å². The monoisotopic (exact) mass is 283 g/mol. The van der Waals surface area contributed by atoms with Gasteiger partial charge in [0, 0.05) is 16.0 Å². The molecular formula is C16H14ClN3. The molecule has 3 rings (SSSR count). The quantitative estimate of drug-likeness (QED) is 0.730. The molecule has 0 spiro atoms. The van der Waals surface area contributed by atoms with Gasteiger partial charge in [0.25, 0.3) is 0 Å². The minimum atomic E-state index is 0.501. The molecule has 0 saturated carbocycles. The molecule has 3 aromatic rings. The summed E-state index contributed by atoms with van der Waals surface area (Å²) in [5.74, 6) is 1.13. The van der Waals surface area contributed by atoms with Crippen LogP contribution in [-0.4, -0.2) is 9.97 Å². The summed E-state index contributed by atoms with van der Waals surface area (Å²) in [4.78, 5) is 9.05. The molecule has 2 aromatic carbocycles. The van der Waals surface area contributed by atoms with E-state index < -0.39 is 0 Å². The van der Waals surface area contributed by atoms with Gasteiger partial charge in [-0.25, -0.2) is 9.97 Å². The Labute approximate surface area is 122 Å². The highest BCUT2D eigenvalue weighted by Gasteiger charge is 2.09. The van der Waals surface area contributed by atoms with E-state index in [-0.39, 0.29) is 0 Å². The summed E-state index contributed by atoms with van der Waals surface area (Å²) in [7, 11) is 0. The molecule has 20 heavy (non-hydrogen) atoms. The van der Waals surface area contributed by atoms with Gasteiger partial charge >= 0.3 is 0 Å². The van der Waals surface area contributed by atoms with Gasteiger partial charge in [0.1, 0.15) is 5.82 Å². The zero-order valence-corrected chi connectivity index (χ0v) is 12.1. The van der Waals surface area contributed by atoms with E-state index >= 15 is 0 Å². The van der Waals surface area contributed by atoms with Crippen LogP contribution in [0.3, 0.4) is 0 Å². The largest absolute Gasteiger partial charge is 0.383 e. The lowest BCUT2D eigenvalue weighted by Crippen LogP contribution is -1.99. The van der Waals surface area contributed by atoms with Gasteiger partial charge in [0.15, 0.2) is 5.82 Å². The van der Waals surface area contributed by atoms with Crippen molar-refractivity contribution in [3.63, 3.8) is 0 Å². The molecule has 0 unspecified atom stereocenters. The third-order valence-corrected chi connectivity index (χ3v) is 3.80. The van der Waals surface area contributed by atoms with Gasteiger partial charge in [0.2, 0.25) is 0 Å². The maximum atomic E-state index is 6.05. The van der Waals surface area contributed by atoms with E-state index in [1.807, 2.05) is 50.2 Å². The second-order valence-electron chi connectivity index (χ2n) is 4.87. The van der Waals surface area contributed by atoms with Gasteiger partial charge in [-0.1, -0.05) is 23.7 Å². The van der Waals surface area contributed by atoms with Gasteiger partial charge in [-0.2, -0.15) is 0 Å². The fraction of sp³-hybridized carbons (Fsp3) is 0.125. The predicted molar refractivity (Wildman–Crippen MR) is 83.9 cm³/mol. The van der Waals surface area contributed by atoms with Crippen LogP contribution in [0.5, 0.6) is 0 Å². The molecule has 100 valence electrons. The fourth-order valence-electron chi connectivity index (χ4n) is 2.23. The summed E-state index contributed by atoms with van der Waals surface area (Å²) >= 11 is 6.05. The lowest BCUT2D eigenvalue weighted by molar-refractivity contribution is 1.22. The maximum absolute atomic E-state index is 6.05. The number of aryl methyl sites for hydroxylation is 2. The van der Waals surface area contributed by atoms with Crippen LogP contribution in [0.15, 0.2) is 36.4 Å². The number of hydrogen-bond donors (Lipinski definition) is 1. The number of anilines is 1. The molecule has 0 atom stereocenters. The minimum absolute atomic E-state index is 0.501. The Hall–Kier alpha value is -2.13. The highest BCUT2D eigenvalue weighted by molar-refractivity contribution is 6.31. The molecule has 0 fully saturated rings. The topological polar surface area (TPSA) is 51.8 Å². The van der Waals surface area contributed by atoms with E-state index in [4.69, 9.17) is 17.3 Å². The number of nitrogens with two attached hydrogens (primary N) is 1. The molecule has 0 aliphatic rings. The average Bonchev–Trinajstić information content (AvgIpc) is 2.43. The number of rotatable bonds is 1. The van der Waals surface area contributed by atoms with E-state index in [0.717, 1.165) is 32.6 Å². The number of nitrogens with zero attached hydrogens (tertiary/aromatic N) is 2. The first-order valence-electron chi connectivity index (χ1n) is 6.35. The standard InChI is InChI=1S/C16H14ClN3/c1-9-4-3-5-12-14(9)19-16(20-15(12)18)11-6-7-13(17)10(2)8-11/h3-8H,1-2H3,(H2,18,19,20). The number of halogens is 1. The smallest absolute Gasteiger partial charge is 0.162 e. The van der Waals surface area contributed by atoms with E-state index in [9.17, 15) is 0 Å². The summed E-state index contributed by atoms with van der Waals surface area (Å²) in [5, 5.41) is 1.62. The van der Waals surface area contributed by atoms with Crippen LogP contribution in [-0.2, 0) is 0 Å². The van der Waals surface area contributed by atoms with Gasteiger partial charge in [-0.3, -0.25) is 0 Å². The maximum Gasteiger partial charge on any atom is 0.162 e. The predicted octanol–water partition coefficient (Wildman–Crippen LogP) is 4.15. The van der Waals surface area contributed by atoms with Crippen molar-refractivity contribution in [1.82, 2.24) is 9.97 Å². The highest BCUT2D eigenvalue weighted by Crippen LogP contribution is 2.27. The van der Waals surface area contributed by atoms with Crippen molar-refractivity contribution in [1.29, 1.82) is 0 Å². The number of nitrogen functional groups attached to an aromatic ring is 1. The Balaban J connectivity index is 2.26. The van der Waals surface area contributed by atoms with Crippen LogP contribution in [0.1, 0.15) is 11.1 Å². The van der Waals surface area contributed by atoms with Crippen LogP contribution in [0.25, 0.3) is 22.3 Å². The lowest BCUT2D eigenvalue weighted by atomic mass is 10.1. The van der Waals surface area contributed by atoms with Crippen molar-refractivity contribution >= 4 is 28.3 Å². The summed E-state index contributed by atoms with van der Waals surface area (Å²) in [6, 6.07) is 11.7. The minimum Gasteiger partial charge on any atom is -0.383 e. The molecule has 0 radical (unpaired) electrons. The van der Waals surface area contributed by atoms with Crippen LogP contribution in [0.2, 0.25) is 5.02 Å². The Kier molecular flexibility index (Phi) is 3.07. The van der Waals surface area contributed by atoms with E-state index in [2.05, 4.69) is 9.97 Å². The van der Waals surface area contributed by atoms with Gasteiger partial charge in [-0.15, -0.1) is 0 Å². The second kappa shape index (κ2) is 4.76. The van der Waals surface area contributed by atoms with Crippen LogP contribution >= 0.6 is 11.6 Å². The summed E-state index contributed by atoms with van der Waals surface area (Å²) in [6.45, 7) is 3.98. The van der Waals surface area contributed by atoms with Gasteiger partial charge in [0.05, 0.1) is 5.52 Å². The molecule has 0 aliphatic heterocycles. The molecule has 1 heterocycles. The first-order chi connectivity index (χ1) is 9.56. The Morgan fingerprint density at radius 3 is 2.55 bits per heavy atom. The SMILES string of the molecule is Cc1cc(-c2nc(N)c3cccc(C)c3n2)ccc1Cl. The normalized spacial score (nSPS) is 10.9. The summed E-state index contributed by atoms with van der Waals surface area (Å²) in [6.07, 6.45) is 0. The first kappa shape index (κ1) is 12.9. The fourth-order valence-corrected chi connectivity index (χ4v) is 2.35. The molecule has 0 saturated heterocycles. The van der Waals surface area contributed by atoms with Crippen LogP contribution in [0.4, 0.5) is 5.82 Å². The molecule has 1 aromatic heterocycles. The van der Waals surface area contributed by atoms with Crippen molar-refractivity contribution in [3.05, 3.63) is 52.5 Å². The van der Waals surface area contributed by atoms with Gasteiger partial charge < -0.3 is 5.73 Å². The first-order valence-corrected chi connectivity index (χ1v) is 6.73. The van der Waals surface area contributed by atoms with E-state index in [0.29, 0.717) is 11.6 Å². The average molecular weight is 284 g/mol. The van der Waals surface area contributed by atoms with E-state index in [1.54, 1.807) is 0 Å². The lowest BCUT2D eigenvalue weighted by Gasteiger charge is -2.08. The third kappa shape index (κ3) is 2.10. The molecule has 0 amide bonds. The number of benzene rings is 2. The Morgan fingerprint density at radius 1 is 1.00 bits per heavy atom. The van der Waals surface area contributed by atoms with Crippen LogP contribution in [0, 0.1) is 13.8 Å². The van der Waals surface area contributed by atoms with E-state index in [1.165, 1.54) is 0 Å². The number of aromatic nitrogens is 2. The number of fused-ring (bicyclic) bond motifs is 1. The zero-order valence-electron chi connectivity index (χ0n) is 11.3. The summed E-state index contributed by atoms with van der Waals surface area (Å²) < 4.78 is 0. The van der Waals surface area contributed by atoms with Crippen molar-refractivity contribution in [3.8, 4) is 11.4 Å². The second-order valence-corrected chi connectivity index (χ2v) is 5.27.